The molecule has 11 fully saturated rings. The summed E-state index contributed by atoms with van der Waals surface area (Å²) < 4.78 is 0. The van der Waals surface area contributed by atoms with Gasteiger partial charge in [-0.3, -0.25) is 0 Å². The van der Waals surface area contributed by atoms with Gasteiger partial charge >= 0.3 is 0 Å². The third-order valence-corrected chi connectivity index (χ3v) is 22.8. The molecule has 11 aliphatic rings. The molecule has 11 rings (SSSR count). The Balaban J connectivity index is 0.826. The van der Waals surface area contributed by atoms with Crippen LogP contribution in [-0.2, 0) is 0 Å². The molecule has 18 unspecified atom stereocenters. The molecule has 0 spiro atoms. The van der Waals surface area contributed by atoms with Gasteiger partial charge in [0.05, 0.1) is 0 Å². The second kappa shape index (κ2) is 16.8. The zero-order chi connectivity index (χ0) is 36.3. The number of hydrogen-bond acceptors (Lipinski definition) is 0. The van der Waals surface area contributed by atoms with Crippen LogP contribution in [0.4, 0.5) is 0 Å². The molecule has 0 amide bonds. The Labute approximate surface area is 341 Å². The van der Waals surface area contributed by atoms with Crippen molar-refractivity contribution >= 4 is 0 Å². The maximum absolute atomic E-state index is 1.71. The highest BCUT2D eigenvalue weighted by molar-refractivity contribution is 5.06. The molecule has 0 heterocycles. The van der Waals surface area contributed by atoms with Crippen LogP contribution in [0.25, 0.3) is 0 Å². The maximum atomic E-state index is 1.71. The average Bonchev–Trinajstić information content (AvgIpc) is 3.62. The van der Waals surface area contributed by atoms with Gasteiger partial charge < -0.3 is 0 Å². The fourth-order valence-corrected chi connectivity index (χ4v) is 20.7. The molecule has 0 saturated heterocycles. The zero-order valence-electron chi connectivity index (χ0n) is 36.3. The molecule has 0 bridgehead atoms. The van der Waals surface area contributed by atoms with Crippen molar-refractivity contribution in [3.05, 3.63) is 0 Å². The van der Waals surface area contributed by atoms with Crippen molar-refractivity contribution in [2.24, 2.45) is 118 Å². The van der Waals surface area contributed by atoms with Crippen LogP contribution in [0.3, 0.4) is 0 Å². The standard InChI is InChI=1S/C55H90/c1-3-13-36(14-4-1)43-29-44(42-24-23-37-15-7-8-18-39(37)27-42)31-45(30-43)49-25-26-50(52-22-12-11-21-51(49)52)47-33-48-32-46-28-40-19-9-10-20-41(40)34-54(46)55(48)53(35-47)38-16-5-2-6-17-38/h36-55H,1-35H2. The van der Waals surface area contributed by atoms with E-state index in [-0.39, 0.29) is 0 Å². The molecule has 0 aromatic rings. The van der Waals surface area contributed by atoms with Gasteiger partial charge in [0.2, 0.25) is 0 Å². The Morgan fingerprint density at radius 2 is 0.473 bits per heavy atom. The summed E-state index contributed by atoms with van der Waals surface area (Å²) >= 11 is 0. The van der Waals surface area contributed by atoms with Gasteiger partial charge in [-0.1, -0.05) is 128 Å². The van der Waals surface area contributed by atoms with Crippen LogP contribution in [0.15, 0.2) is 0 Å². The molecule has 0 nitrogen and oxygen atoms in total. The van der Waals surface area contributed by atoms with E-state index in [1.165, 1.54) is 0 Å². The van der Waals surface area contributed by atoms with Crippen molar-refractivity contribution in [2.75, 3.05) is 0 Å². The highest BCUT2D eigenvalue weighted by Crippen LogP contribution is 2.65. The van der Waals surface area contributed by atoms with Crippen LogP contribution < -0.4 is 0 Å². The minimum absolute atomic E-state index is 1.11. The minimum Gasteiger partial charge on any atom is -0.0533 e. The second-order valence-corrected chi connectivity index (χ2v) is 24.8. The summed E-state index contributed by atoms with van der Waals surface area (Å²) in [6, 6.07) is 0. The van der Waals surface area contributed by atoms with Crippen LogP contribution in [0.2, 0.25) is 0 Å². The molecule has 18 atom stereocenters. The first-order valence-electron chi connectivity index (χ1n) is 27.2. The van der Waals surface area contributed by atoms with E-state index in [0.29, 0.717) is 0 Å². The lowest BCUT2D eigenvalue weighted by Gasteiger charge is -2.56. The fraction of sp³-hybridized carbons (Fsp3) is 1.00. The SMILES string of the molecule is C1CCC(C2CC(C3CCC4CCCCC4C3)CC(C3CCC(C4CC5CC6CC7CCCCC7CC6C5C(C5CCCCC5)C4)C4CCCCC34)C2)CC1. The molecular weight excluding hydrogens is 661 g/mol. The molecule has 0 heteroatoms. The minimum atomic E-state index is 1.11. The molecule has 0 radical (unpaired) electrons. The average molecular weight is 751 g/mol. The summed E-state index contributed by atoms with van der Waals surface area (Å²) in [6.07, 6.45) is 56.7. The van der Waals surface area contributed by atoms with Crippen LogP contribution in [0, 0.1) is 118 Å². The van der Waals surface area contributed by atoms with Gasteiger partial charge in [0.25, 0.3) is 0 Å². The summed E-state index contributed by atoms with van der Waals surface area (Å²) in [4.78, 5) is 0. The molecule has 0 aromatic carbocycles. The first kappa shape index (κ1) is 38.0. The highest BCUT2D eigenvalue weighted by Gasteiger charge is 2.57. The quantitative estimate of drug-likeness (QED) is 0.262. The molecule has 11 aliphatic carbocycles. The first-order chi connectivity index (χ1) is 27.2. The third kappa shape index (κ3) is 7.56. The van der Waals surface area contributed by atoms with E-state index in [1.54, 1.807) is 225 Å². The normalized spacial score (nSPS) is 52.6. The van der Waals surface area contributed by atoms with Crippen LogP contribution in [0.5, 0.6) is 0 Å². The predicted molar refractivity (Wildman–Crippen MR) is 231 cm³/mol. The smallest absolute Gasteiger partial charge is 0.0323 e. The van der Waals surface area contributed by atoms with E-state index < -0.39 is 0 Å². The van der Waals surface area contributed by atoms with Crippen molar-refractivity contribution in [2.45, 2.75) is 225 Å². The van der Waals surface area contributed by atoms with Gasteiger partial charge in [0.15, 0.2) is 0 Å². The first-order valence-corrected chi connectivity index (χ1v) is 27.2. The Morgan fingerprint density at radius 3 is 1.13 bits per heavy atom. The molecule has 0 aromatic heterocycles. The Morgan fingerprint density at radius 1 is 0.145 bits per heavy atom. The fourth-order valence-electron chi connectivity index (χ4n) is 20.7. The van der Waals surface area contributed by atoms with Crippen LogP contribution >= 0.6 is 0 Å². The van der Waals surface area contributed by atoms with E-state index >= 15 is 0 Å². The lowest BCUT2D eigenvalue weighted by Crippen LogP contribution is -2.48. The molecule has 0 N–H and O–H groups in total. The largest absolute Gasteiger partial charge is 0.0533 e. The topological polar surface area (TPSA) is 0 Å². The highest BCUT2D eigenvalue weighted by atomic mass is 14.6. The lowest BCUT2D eigenvalue weighted by molar-refractivity contribution is -0.0637. The number of fused-ring (bicyclic) bond motifs is 6. The van der Waals surface area contributed by atoms with Crippen molar-refractivity contribution < 1.29 is 0 Å². The van der Waals surface area contributed by atoms with Gasteiger partial charge in [0, 0.05) is 0 Å². The molecule has 310 valence electrons. The molecule has 11 saturated carbocycles. The second-order valence-electron chi connectivity index (χ2n) is 24.8. The third-order valence-electron chi connectivity index (χ3n) is 22.8. The summed E-state index contributed by atoms with van der Waals surface area (Å²) in [6.45, 7) is 0. The summed E-state index contributed by atoms with van der Waals surface area (Å²) in [5.41, 5.74) is 0. The van der Waals surface area contributed by atoms with Gasteiger partial charge in [-0.25, -0.2) is 0 Å². The van der Waals surface area contributed by atoms with Crippen molar-refractivity contribution in [1.82, 2.24) is 0 Å². The van der Waals surface area contributed by atoms with Gasteiger partial charge in [-0.05, 0) is 215 Å². The van der Waals surface area contributed by atoms with Crippen LogP contribution in [-0.4, -0.2) is 0 Å². The van der Waals surface area contributed by atoms with Gasteiger partial charge in [0.1, 0.15) is 0 Å². The zero-order valence-corrected chi connectivity index (χ0v) is 36.3. The maximum Gasteiger partial charge on any atom is -0.0323 e. The van der Waals surface area contributed by atoms with E-state index in [2.05, 4.69) is 0 Å². The molecule has 55 heavy (non-hydrogen) atoms. The van der Waals surface area contributed by atoms with Crippen molar-refractivity contribution in [3.8, 4) is 0 Å². The lowest BCUT2D eigenvalue weighted by atomic mass is 9.49. The monoisotopic (exact) mass is 751 g/mol. The van der Waals surface area contributed by atoms with Gasteiger partial charge in [-0.15, -0.1) is 0 Å². The summed E-state index contributed by atoms with van der Waals surface area (Å²) in [5.74, 6) is 22.5. The van der Waals surface area contributed by atoms with Crippen molar-refractivity contribution in [1.29, 1.82) is 0 Å². The Hall–Kier alpha value is 0. The summed E-state index contributed by atoms with van der Waals surface area (Å²) in [5, 5.41) is 0. The van der Waals surface area contributed by atoms with E-state index in [4.69, 9.17) is 0 Å². The summed E-state index contributed by atoms with van der Waals surface area (Å²) in [7, 11) is 0. The Bertz CT molecular complexity index is 1240. The number of hydrogen-bond donors (Lipinski definition) is 0. The van der Waals surface area contributed by atoms with E-state index in [1.807, 2.05) is 0 Å². The Kier molecular flexibility index (Phi) is 11.6. The van der Waals surface area contributed by atoms with E-state index in [0.717, 1.165) is 118 Å². The van der Waals surface area contributed by atoms with Crippen molar-refractivity contribution in [3.63, 3.8) is 0 Å². The van der Waals surface area contributed by atoms with Gasteiger partial charge in [-0.2, -0.15) is 0 Å². The molecule has 0 aliphatic heterocycles. The van der Waals surface area contributed by atoms with E-state index in [9.17, 15) is 0 Å². The molecular formula is C55H90. The number of rotatable bonds is 5. The van der Waals surface area contributed by atoms with Crippen LogP contribution in [0.1, 0.15) is 225 Å². The predicted octanol–water partition coefficient (Wildman–Crippen LogP) is 16.1.